The molecule has 0 unspecified atom stereocenters. The van der Waals surface area contributed by atoms with Gasteiger partial charge >= 0.3 is 24.2 Å². The number of hydrogen-bond acceptors (Lipinski definition) is 9. The first-order valence-corrected chi connectivity index (χ1v) is 8.88. The minimum atomic E-state index is -4.77. The van der Waals surface area contributed by atoms with Crippen molar-refractivity contribution in [2.45, 2.75) is 18.5 Å². The number of anilines is 1. The van der Waals surface area contributed by atoms with Crippen LogP contribution in [0, 0.1) is 10.1 Å². The second kappa shape index (κ2) is 11.4. The number of halogens is 9. The average molecular weight is 549 g/mol. The highest BCUT2D eigenvalue weighted by Crippen LogP contribution is 2.33. The van der Waals surface area contributed by atoms with E-state index in [1.165, 1.54) is 0 Å². The van der Waals surface area contributed by atoms with Gasteiger partial charge in [-0.05, 0) is 18.2 Å². The van der Waals surface area contributed by atoms with Crippen LogP contribution in [0.15, 0.2) is 42.9 Å². The predicted molar refractivity (Wildman–Crippen MR) is 104 cm³/mol. The van der Waals surface area contributed by atoms with Gasteiger partial charge < -0.3 is 21.1 Å². The molecule has 0 aliphatic carbocycles. The SMILES string of the molecule is Nc1cc(C(F)(F)F)ncc1O.O=[N+]([O-])c1cc(C(F)(F)F)ncc1O.Oc1ccc(C(F)(F)F)nc1. The molecular formula is C18H12F9N5O5. The number of rotatable bonds is 1. The van der Waals surface area contributed by atoms with E-state index >= 15 is 0 Å². The molecule has 202 valence electrons. The largest absolute Gasteiger partial charge is 0.506 e. The molecule has 0 aromatic carbocycles. The Morgan fingerprint density at radius 2 is 1.14 bits per heavy atom. The lowest BCUT2D eigenvalue weighted by Crippen LogP contribution is -2.08. The summed E-state index contributed by atoms with van der Waals surface area (Å²) in [5.41, 5.74) is 0.138. The normalized spacial score (nSPS) is 11.5. The predicted octanol–water partition coefficient (Wildman–Crippen LogP) is 4.91. The van der Waals surface area contributed by atoms with E-state index in [0.29, 0.717) is 18.5 Å². The molecule has 0 bridgehead atoms. The molecule has 5 N–H and O–H groups in total. The topological polar surface area (TPSA) is 169 Å². The molecule has 0 saturated heterocycles. The summed E-state index contributed by atoms with van der Waals surface area (Å²) in [6, 6.07) is 2.41. The zero-order valence-corrected chi connectivity index (χ0v) is 17.5. The maximum absolute atomic E-state index is 12.0. The number of alkyl halides is 9. The average Bonchev–Trinajstić information content (AvgIpc) is 2.75. The van der Waals surface area contributed by atoms with E-state index in [1.54, 1.807) is 0 Å². The lowest BCUT2D eigenvalue weighted by Gasteiger charge is -2.06. The third kappa shape index (κ3) is 9.53. The number of pyridine rings is 3. The molecule has 10 nitrogen and oxygen atoms in total. The van der Waals surface area contributed by atoms with Crippen LogP contribution in [-0.2, 0) is 18.5 Å². The Balaban J connectivity index is 0.000000280. The maximum Gasteiger partial charge on any atom is 0.433 e. The van der Waals surface area contributed by atoms with Crippen LogP contribution in [0.2, 0.25) is 0 Å². The van der Waals surface area contributed by atoms with Gasteiger partial charge in [-0.25, -0.2) is 15.0 Å². The molecule has 0 spiro atoms. The van der Waals surface area contributed by atoms with E-state index in [2.05, 4.69) is 15.0 Å². The van der Waals surface area contributed by atoms with Gasteiger partial charge in [0.1, 0.15) is 17.1 Å². The van der Waals surface area contributed by atoms with Crippen molar-refractivity contribution in [3.05, 3.63) is 70.1 Å². The first kappa shape index (κ1) is 30.5. The van der Waals surface area contributed by atoms with Crippen molar-refractivity contribution in [3.63, 3.8) is 0 Å². The van der Waals surface area contributed by atoms with Crippen LogP contribution >= 0.6 is 0 Å². The lowest BCUT2D eigenvalue weighted by atomic mass is 10.3. The van der Waals surface area contributed by atoms with Gasteiger partial charge in [-0.3, -0.25) is 10.1 Å². The number of aromatic hydroxyl groups is 3. The second-order valence-corrected chi connectivity index (χ2v) is 6.34. The molecule has 0 aliphatic heterocycles. The molecule has 0 aliphatic rings. The van der Waals surface area contributed by atoms with E-state index in [0.717, 1.165) is 18.3 Å². The Labute approximate surface area is 198 Å². The highest BCUT2D eigenvalue weighted by molar-refractivity contribution is 5.51. The third-order valence-electron chi connectivity index (χ3n) is 3.59. The van der Waals surface area contributed by atoms with Crippen molar-refractivity contribution in [1.82, 2.24) is 15.0 Å². The molecule has 19 heteroatoms. The summed E-state index contributed by atoms with van der Waals surface area (Å²) in [4.78, 5) is 17.8. The standard InChI is InChI=1S/C6H3F3N2O3.C6H5F3N2O.C6H4F3NO/c7-6(8,9)5-1-3(11(13)14)4(12)2-10-5;7-6(8,9)5-1-3(10)4(12)2-11-5;7-6(8,9)5-2-1-4(11)3-10-5/h1-2,12H;1-2,12H,(H2,10,11);1-3,11H. The Morgan fingerprint density at radius 3 is 1.51 bits per heavy atom. The first-order valence-electron chi connectivity index (χ1n) is 8.88. The van der Waals surface area contributed by atoms with E-state index in [1.807, 2.05) is 0 Å². The Morgan fingerprint density at radius 1 is 0.703 bits per heavy atom. The van der Waals surface area contributed by atoms with E-state index in [4.69, 9.17) is 21.1 Å². The van der Waals surface area contributed by atoms with Gasteiger partial charge in [-0.2, -0.15) is 39.5 Å². The highest BCUT2D eigenvalue weighted by Gasteiger charge is 2.35. The minimum absolute atomic E-state index is 0.176. The van der Waals surface area contributed by atoms with Crippen LogP contribution < -0.4 is 5.73 Å². The maximum atomic E-state index is 12.0. The van der Waals surface area contributed by atoms with Crippen LogP contribution in [0.25, 0.3) is 0 Å². The zero-order valence-electron chi connectivity index (χ0n) is 17.5. The Bertz CT molecular complexity index is 1220. The molecule has 0 atom stereocenters. The van der Waals surface area contributed by atoms with Crippen molar-refractivity contribution in [1.29, 1.82) is 0 Å². The number of aromatic nitrogens is 3. The lowest BCUT2D eigenvalue weighted by molar-refractivity contribution is -0.386. The van der Waals surface area contributed by atoms with Crippen LogP contribution in [0.3, 0.4) is 0 Å². The van der Waals surface area contributed by atoms with Gasteiger partial charge in [0.25, 0.3) is 0 Å². The zero-order chi connectivity index (χ0) is 28.8. The fraction of sp³-hybridized carbons (Fsp3) is 0.167. The molecule has 3 heterocycles. The van der Waals surface area contributed by atoms with Crippen LogP contribution in [-0.4, -0.2) is 35.2 Å². The van der Waals surface area contributed by atoms with E-state index in [9.17, 15) is 49.6 Å². The molecule has 0 saturated carbocycles. The van der Waals surface area contributed by atoms with Gasteiger partial charge in [0.2, 0.25) is 5.75 Å². The quantitative estimate of drug-likeness (QED) is 0.187. The fourth-order valence-electron chi connectivity index (χ4n) is 1.91. The number of hydrogen-bond donors (Lipinski definition) is 4. The van der Waals surface area contributed by atoms with Gasteiger partial charge in [0.15, 0.2) is 11.4 Å². The molecule has 3 aromatic heterocycles. The molecule has 37 heavy (non-hydrogen) atoms. The number of nitrogens with zero attached hydrogens (tertiary/aromatic N) is 4. The van der Waals surface area contributed by atoms with Crippen molar-refractivity contribution in [3.8, 4) is 17.2 Å². The fourth-order valence-corrected chi connectivity index (χ4v) is 1.91. The Hall–Kier alpha value is -4.58. The monoisotopic (exact) mass is 549 g/mol. The first-order chi connectivity index (χ1) is 16.7. The van der Waals surface area contributed by atoms with Crippen LogP contribution in [0.4, 0.5) is 50.9 Å². The van der Waals surface area contributed by atoms with Gasteiger partial charge in [-0.15, -0.1) is 0 Å². The van der Waals surface area contributed by atoms with Crippen LogP contribution in [0.1, 0.15) is 17.1 Å². The summed E-state index contributed by atoms with van der Waals surface area (Å²) in [6.07, 6.45) is -11.9. The minimum Gasteiger partial charge on any atom is -0.506 e. The van der Waals surface area contributed by atoms with E-state index < -0.39 is 57.7 Å². The second-order valence-electron chi connectivity index (χ2n) is 6.34. The molecule has 0 amide bonds. The number of nitro groups is 1. The third-order valence-corrected chi connectivity index (χ3v) is 3.59. The van der Waals surface area contributed by atoms with Gasteiger partial charge in [0.05, 0.1) is 35.3 Å². The van der Waals surface area contributed by atoms with Gasteiger partial charge in [0, 0.05) is 0 Å². The molecule has 3 aromatic rings. The van der Waals surface area contributed by atoms with Crippen molar-refractivity contribution in [2.75, 3.05) is 5.73 Å². The van der Waals surface area contributed by atoms with Crippen molar-refractivity contribution >= 4 is 11.4 Å². The molecular weight excluding hydrogens is 537 g/mol. The Kier molecular flexibility index (Phi) is 9.41. The van der Waals surface area contributed by atoms with E-state index in [-0.39, 0.29) is 17.5 Å². The highest BCUT2D eigenvalue weighted by atomic mass is 19.4. The summed E-state index contributed by atoms with van der Waals surface area (Å²) < 4.78 is 107. The van der Waals surface area contributed by atoms with Crippen molar-refractivity contribution in [2.24, 2.45) is 0 Å². The summed E-state index contributed by atoms with van der Waals surface area (Å²) in [5.74, 6) is -1.64. The number of nitrogen functional groups attached to an aromatic ring is 1. The summed E-state index contributed by atoms with van der Waals surface area (Å²) in [5, 5.41) is 36.3. The summed E-state index contributed by atoms with van der Waals surface area (Å²) in [7, 11) is 0. The number of nitrogens with two attached hydrogens (primary N) is 1. The molecule has 0 fully saturated rings. The molecule has 3 rings (SSSR count). The smallest absolute Gasteiger partial charge is 0.433 e. The summed E-state index contributed by atoms with van der Waals surface area (Å²) >= 11 is 0. The van der Waals surface area contributed by atoms with Crippen LogP contribution in [0.5, 0.6) is 17.2 Å². The molecule has 0 radical (unpaired) electrons. The van der Waals surface area contributed by atoms with Gasteiger partial charge in [-0.1, -0.05) is 0 Å². The van der Waals surface area contributed by atoms with Crippen molar-refractivity contribution < 1.29 is 59.8 Å². The summed E-state index contributed by atoms with van der Waals surface area (Å²) in [6.45, 7) is 0.